The van der Waals surface area contributed by atoms with Gasteiger partial charge in [-0.15, -0.1) is 0 Å². The number of piperazine rings is 1. The van der Waals surface area contributed by atoms with Crippen molar-refractivity contribution in [2.24, 2.45) is 0 Å². The van der Waals surface area contributed by atoms with Gasteiger partial charge in [0.05, 0.1) is 6.04 Å². The first kappa shape index (κ1) is 15.3. The van der Waals surface area contributed by atoms with Crippen molar-refractivity contribution in [3.63, 3.8) is 0 Å². The molecule has 4 nitrogen and oxygen atoms in total. The lowest BCUT2D eigenvalue weighted by molar-refractivity contribution is -0.126. The first-order valence-corrected chi connectivity index (χ1v) is 7.40. The van der Waals surface area contributed by atoms with Crippen molar-refractivity contribution in [3.05, 3.63) is 34.9 Å². The zero-order valence-electron chi connectivity index (χ0n) is 12.1. The van der Waals surface area contributed by atoms with E-state index < -0.39 is 0 Å². The molecule has 5 heteroatoms. The molecule has 1 saturated heterocycles. The fourth-order valence-corrected chi connectivity index (χ4v) is 2.79. The van der Waals surface area contributed by atoms with Gasteiger partial charge in [-0.25, -0.2) is 0 Å². The molecule has 0 spiro atoms. The molecule has 1 aliphatic heterocycles. The van der Waals surface area contributed by atoms with E-state index in [0.717, 1.165) is 37.7 Å². The van der Waals surface area contributed by atoms with Crippen molar-refractivity contribution < 1.29 is 4.79 Å². The molecule has 110 valence electrons. The van der Waals surface area contributed by atoms with Gasteiger partial charge in [0.25, 0.3) is 0 Å². The summed E-state index contributed by atoms with van der Waals surface area (Å²) in [5.74, 6) is 0.0910. The third-order valence-electron chi connectivity index (χ3n) is 3.88. The number of nitrogens with zero attached hydrogens (tertiary/aromatic N) is 2. The molecule has 1 heterocycles. The highest BCUT2D eigenvalue weighted by atomic mass is 35.5. The molecule has 0 saturated carbocycles. The molecular weight excluding hydrogens is 274 g/mol. The topological polar surface area (TPSA) is 35.6 Å². The van der Waals surface area contributed by atoms with E-state index in [2.05, 4.69) is 21.2 Å². The fraction of sp³-hybridized carbons (Fsp3) is 0.533. The predicted octanol–water partition coefficient (Wildman–Crippen LogP) is 1.59. The summed E-state index contributed by atoms with van der Waals surface area (Å²) in [7, 11) is 1.69. The molecule has 20 heavy (non-hydrogen) atoms. The molecule has 2 rings (SSSR count). The Balaban J connectivity index is 1.84. The molecule has 1 amide bonds. The number of carbonyl (C=O) groups excluding carboxylic acids is 1. The summed E-state index contributed by atoms with van der Waals surface area (Å²) in [6.45, 7) is 6.69. The van der Waals surface area contributed by atoms with Gasteiger partial charge >= 0.3 is 0 Å². The van der Waals surface area contributed by atoms with Gasteiger partial charge in [-0.2, -0.15) is 0 Å². The average molecular weight is 296 g/mol. The molecule has 1 aliphatic rings. The predicted molar refractivity (Wildman–Crippen MR) is 81.8 cm³/mol. The monoisotopic (exact) mass is 295 g/mol. The molecule has 0 bridgehead atoms. The van der Waals surface area contributed by atoms with Crippen LogP contribution in [-0.2, 0) is 11.3 Å². The summed E-state index contributed by atoms with van der Waals surface area (Å²) in [4.78, 5) is 16.3. The standard InChI is InChI=1S/C15H22ClN3O/c1-12(15(20)17-2)19-8-6-18(7-9-19)11-13-4-3-5-14(16)10-13/h3-5,10,12H,6-9,11H2,1-2H3,(H,17,20)/t12-/m1/s1. The van der Waals surface area contributed by atoms with E-state index >= 15 is 0 Å². The molecule has 0 aliphatic carbocycles. The Morgan fingerprint density at radius 3 is 2.65 bits per heavy atom. The lowest BCUT2D eigenvalue weighted by Gasteiger charge is -2.37. The van der Waals surface area contributed by atoms with E-state index in [0.29, 0.717) is 0 Å². The van der Waals surface area contributed by atoms with Gasteiger partial charge < -0.3 is 5.32 Å². The Bertz CT molecular complexity index is 458. The third-order valence-corrected chi connectivity index (χ3v) is 4.11. The Labute approximate surface area is 125 Å². The molecule has 0 radical (unpaired) electrons. The number of rotatable bonds is 4. The minimum absolute atomic E-state index is 0.0479. The normalized spacial score (nSPS) is 18.8. The van der Waals surface area contributed by atoms with Crippen molar-refractivity contribution in [3.8, 4) is 0 Å². The highest BCUT2D eigenvalue weighted by molar-refractivity contribution is 6.30. The van der Waals surface area contributed by atoms with Crippen LogP contribution < -0.4 is 5.32 Å². The maximum Gasteiger partial charge on any atom is 0.236 e. The summed E-state index contributed by atoms with van der Waals surface area (Å²) in [6, 6.07) is 7.95. The highest BCUT2D eigenvalue weighted by Gasteiger charge is 2.24. The van der Waals surface area contributed by atoms with E-state index in [9.17, 15) is 4.79 Å². The Hall–Kier alpha value is -1.10. The van der Waals surface area contributed by atoms with Crippen molar-refractivity contribution in [1.82, 2.24) is 15.1 Å². The van der Waals surface area contributed by atoms with Gasteiger partial charge in [-0.1, -0.05) is 23.7 Å². The van der Waals surface area contributed by atoms with Crippen LogP contribution in [0.5, 0.6) is 0 Å². The number of hydrogen-bond donors (Lipinski definition) is 1. The van der Waals surface area contributed by atoms with Crippen molar-refractivity contribution in [1.29, 1.82) is 0 Å². The Kier molecular flexibility index (Phi) is 5.40. The molecule has 1 aromatic carbocycles. The number of benzene rings is 1. The van der Waals surface area contributed by atoms with Crippen molar-refractivity contribution >= 4 is 17.5 Å². The van der Waals surface area contributed by atoms with Gasteiger partial charge in [0, 0.05) is 44.8 Å². The largest absolute Gasteiger partial charge is 0.358 e. The van der Waals surface area contributed by atoms with Crippen LogP contribution in [0.25, 0.3) is 0 Å². The van der Waals surface area contributed by atoms with Gasteiger partial charge in [0.15, 0.2) is 0 Å². The number of carbonyl (C=O) groups is 1. The third kappa shape index (κ3) is 3.95. The summed E-state index contributed by atoms with van der Waals surface area (Å²) in [5, 5.41) is 3.50. The van der Waals surface area contributed by atoms with E-state index in [1.165, 1.54) is 5.56 Å². The number of halogens is 1. The lowest BCUT2D eigenvalue weighted by Crippen LogP contribution is -2.53. The van der Waals surface area contributed by atoms with E-state index in [4.69, 9.17) is 11.6 Å². The zero-order chi connectivity index (χ0) is 14.5. The lowest BCUT2D eigenvalue weighted by atomic mass is 10.1. The van der Waals surface area contributed by atoms with Crippen LogP contribution in [0.3, 0.4) is 0 Å². The maximum absolute atomic E-state index is 11.6. The van der Waals surface area contributed by atoms with E-state index in [-0.39, 0.29) is 11.9 Å². The first-order chi connectivity index (χ1) is 9.60. The summed E-state index contributed by atoms with van der Waals surface area (Å²) < 4.78 is 0. The van der Waals surface area contributed by atoms with Crippen molar-refractivity contribution in [2.75, 3.05) is 33.2 Å². The summed E-state index contributed by atoms with van der Waals surface area (Å²) in [5.41, 5.74) is 1.24. The summed E-state index contributed by atoms with van der Waals surface area (Å²) in [6.07, 6.45) is 0. The SMILES string of the molecule is CNC(=O)[C@@H](C)N1CCN(Cc2cccc(Cl)c2)CC1. The average Bonchev–Trinajstić information content (AvgIpc) is 2.46. The van der Waals surface area contributed by atoms with Crippen LogP contribution in [0.1, 0.15) is 12.5 Å². The van der Waals surface area contributed by atoms with Gasteiger partial charge in [0.1, 0.15) is 0 Å². The number of likely N-dealkylation sites (N-methyl/N-ethyl adjacent to an activating group) is 1. The second-order valence-corrected chi connectivity index (χ2v) is 5.67. The summed E-state index contributed by atoms with van der Waals surface area (Å²) >= 11 is 6.01. The molecular formula is C15H22ClN3O. The Morgan fingerprint density at radius 1 is 1.35 bits per heavy atom. The smallest absolute Gasteiger partial charge is 0.236 e. The molecule has 0 unspecified atom stereocenters. The van der Waals surface area contributed by atoms with Crippen LogP contribution in [0.15, 0.2) is 24.3 Å². The van der Waals surface area contributed by atoms with Crippen molar-refractivity contribution in [2.45, 2.75) is 19.5 Å². The van der Waals surface area contributed by atoms with Crippen LogP contribution in [0.4, 0.5) is 0 Å². The molecule has 1 atom stereocenters. The van der Waals surface area contributed by atoms with Crippen LogP contribution >= 0.6 is 11.6 Å². The maximum atomic E-state index is 11.6. The van der Waals surface area contributed by atoms with Gasteiger partial charge in [-0.3, -0.25) is 14.6 Å². The zero-order valence-corrected chi connectivity index (χ0v) is 12.9. The minimum Gasteiger partial charge on any atom is -0.358 e. The number of nitrogens with one attached hydrogen (secondary N) is 1. The van der Waals surface area contributed by atoms with Crippen LogP contribution in [-0.4, -0.2) is 55.0 Å². The molecule has 1 aromatic rings. The minimum atomic E-state index is -0.0479. The van der Waals surface area contributed by atoms with Crippen LogP contribution in [0, 0.1) is 0 Å². The van der Waals surface area contributed by atoms with Gasteiger partial charge in [-0.05, 0) is 24.6 Å². The fourth-order valence-electron chi connectivity index (χ4n) is 2.58. The second-order valence-electron chi connectivity index (χ2n) is 5.23. The number of amides is 1. The Morgan fingerprint density at radius 2 is 2.05 bits per heavy atom. The molecule has 1 N–H and O–H groups in total. The van der Waals surface area contributed by atoms with E-state index in [1.807, 2.05) is 25.1 Å². The van der Waals surface area contributed by atoms with Crippen LogP contribution in [0.2, 0.25) is 5.02 Å². The first-order valence-electron chi connectivity index (χ1n) is 7.02. The molecule has 0 aromatic heterocycles. The number of hydrogen-bond acceptors (Lipinski definition) is 3. The second kappa shape index (κ2) is 7.07. The van der Waals surface area contributed by atoms with Gasteiger partial charge in [0.2, 0.25) is 5.91 Å². The van der Waals surface area contributed by atoms with E-state index in [1.54, 1.807) is 7.05 Å². The highest BCUT2D eigenvalue weighted by Crippen LogP contribution is 2.14. The quantitative estimate of drug-likeness (QED) is 0.916. The molecule has 1 fully saturated rings.